The molecule has 0 saturated carbocycles. The van der Waals surface area contributed by atoms with Gasteiger partial charge in [0.05, 0.1) is 12.4 Å². The number of hydrogen-bond donors (Lipinski definition) is 1. The molecular formula is C13H25N3O5S. The van der Waals surface area contributed by atoms with Crippen molar-refractivity contribution in [1.29, 1.82) is 0 Å². The first-order valence-corrected chi connectivity index (χ1v) is 8.98. The fourth-order valence-corrected chi connectivity index (χ4v) is 2.93. The Morgan fingerprint density at radius 2 is 1.86 bits per heavy atom. The Hall–Kier alpha value is -1.35. The third-order valence-electron chi connectivity index (χ3n) is 3.53. The molecule has 0 unspecified atom stereocenters. The quantitative estimate of drug-likeness (QED) is 0.737. The second-order valence-electron chi connectivity index (χ2n) is 5.38. The van der Waals surface area contributed by atoms with E-state index >= 15 is 0 Å². The SMILES string of the molecule is CCOC(=O)N1CCC(NC(=O)CCS(=O)(=O)N(C)C)CC1. The van der Waals surface area contributed by atoms with Crippen molar-refractivity contribution in [2.45, 2.75) is 32.2 Å². The highest BCUT2D eigenvalue weighted by Crippen LogP contribution is 2.11. The normalized spacial score (nSPS) is 16.6. The van der Waals surface area contributed by atoms with Gasteiger partial charge in [0.2, 0.25) is 15.9 Å². The number of nitrogens with one attached hydrogen (secondary N) is 1. The number of amides is 2. The minimum Gasteiger partial charge on any atom is -0.450 e. The van der Waals surface area contributed by atoms with E-state index in [4.69, 9.17) is 4.74 Å². The number of rotatable bonds is 6. The number of nitrogens with zero attached hydrogens (tertiary/aromatic N) is 2. The number of ether oxygens (including phenoxy) is 1. The van der Waals surface area contributed by atoms with Gasteiger partial charge in [0.1, 0.15) is 0 Å². The zero-order chi connectivity index (χ0) is 16.8. The number of piperidine rings is 1. The Bertz CT molecular complexity index is 484. The van der Waals surface area contributed by atoms with Gasteiger partial charge in [-0.25, -0.2) is 17.5 Å². The van der Waals surface area contributed by atoms with Gasteiger partial charge in [-0.05, 0) is 19.8 Å². The molecule has 0 aromatic carbocycles. The number of carbonyl (C=O) groups is 2. The third kappa shape index (κ3) is 5.80. The minimum atomic E-state index is -3.36. The molecule has 0 spiro atoms. The Morgan fingerprint density at radius 3 is 2.36 bits per heavy atom. The van der Waals surface area contributed by atoms with Crippen LogP contribution in [0.15, 0.2) is 0 Å². The van der Waals surface area contributed by atoms with Gasteiger partial charge in [0.25, 0.3) is 0 Å². The molecule has 128 valence electrons. The van der Waals surface area contributed by atoms with E-state index in [0.29, 0.717) is 32.5 Å². The predicted octanol–water partition coefficient (Wildman–Crippen LogP) is 0.00500. The maximum Gasteiger partial charge on any atom is 0.409 e. The maximum absolute atomic E-state index is 11.8. The third-order valence-corrected chi connectivity index (χ3v) is 5.36. The second-order valence-corrected chi connectivity index (χ2v) is 7.68. The average molecular weight is 335 g/mol. The summed E-state index contributed by atoms with van der Waals surface area (Å²) >= 11 is 0. The summed E-state index contributed by atoms with van der Waals surface area (Å²) in [4.78, 5) is 25.0. The molecule has 0 aliphatic carbocycles. The number of likely N-dealkylation sites (tertiary alicyclic amines) is 1. The van der Waals surface area contributed by atoms with Gasteiger partial charge in [-0.2, -0.15) is 0 Å². The zero-order valence-electron chi connectivity index (χ0n) is 13.4. The van der Waals surface area contributed by atoms with Crippen molar-refractivity contribution in [3.05, 3.63) is 0 Å². The van der Waals surface area contributed by atoms with E-state index in [1.807, 2.05) is 0 Å². The van der Waals surface area contributed by atoms with Crippen LogP contribution < -0.4 is 5.32 Å². The van der Waals surface area contributed by atoms with Gasteiger partial charge < -0.3 is 15.0 Å². The molecule has 8 nitrogen and oxygen atoms in total. The Morgan fingerprint density at radius 1 is 1.27 bits per heavy atom. The lowest BCUT2D eigenvalue weighted by atomic mass is 10.1. The molecule has 1 aliphatic heterocycles. The summed E-state index contributed by atoms with van der Waals surface area (Å²) in [5.41, 5.74) is 0. The molecule has 0 bridgehead atoms. The van der Waals surface area contributed by atoms with E-state index < -0.39 is 10.0 Å². The molecule has 1 saturated heterocycles. The largest absolute Gasteiger partial charge is 0.450 e. The van der Waals surface area contributed by atoms with E-state index in [9.17, 15) is 18.0 Å². The summed E-state index contributed by atoms with van der Waals surface area (Å²) in [5, 5.41) is 2.82. The molecule has 0 atom stereocenters. The van der Waals surface area contributed by atoms with E-state index in [1.165, 1.54) is 14.1 Å². The first-order chi connectivity index (χ1) is 10.3. The number of hydrogen-bond acceptors (Lipinski definition) is 5. The van der Waals surface area contributed by atoms with Crippen LogP contribution in [0.3, 0.4) is 0 Å². The summed E-state index contributed by atoms with van der Waals surface area (Å²) < 4.78 is 29.2. The molecule has 1 aliphatic rings. The van der Waals surface area contributed by atoms with Crippen molar-refractivity contribution in [1.82, 2.24) is 14.5 Å². The number of carbonyl (C=O) groups excluding carboxylic acids is 2. The molecular weight excluding hydrogens is 310 g/mol. The molecule has 0 aromatic heterocycles. The Labute approximate surface area is 131 Å². The van der Waals surface area contributed by atoms with Crippen LogP contribution in [-0.4, -0.2) is 75.2 Å². The predicted molar refractivity (Wildman–Crippen MR) is 81.9 cm³/mol. The molecule has 1 N–H and O–H groups in total. The lowest BCUT2D eigenvalue weighted by molar-refractivity contribution is -0.121. The highest BCUT2D eigenvalue weighted by molar-refractivity contribution is 7.89. The van der Waals surface area contributed by atoms with Gasteiger partial charge in [0.15, 0.2) is 0 Å². The molecule has 1 rings (SSSR count). The van der Waals surface area contributed by atoms with Gasteiger partial charge in [-0.1, -0.05) is 0 Å². The van der Waals surface area contributed by atoms with Crippen LogP contribution in [0.4, 0.5) is 4.79 Å². The van der Waals surface area contributed by atoms with Gasteiger partial charge >= 0.3 is 6.09 Å². The first kappa shape index (κ1) is 18.7. The van der Waals surface area contributed by atoms with Crippen LogP contribution in [0.1, 0.15) is 26.2 Å². The monoisotopic (exact) mass is 335 g/mol. The molecule has 2 amide bonds. The van der Waals surface area contributed by atoms with Crippen molar-refractivity contribution >= 4 is 22.0 Å². The topological polar surface area (TPSA) is 96.0 Å². The van der Waals surface area contributed by atoms with Crippen LogP contribution >= 0.6 is 0 Å². The fourth-order valence-electron chi connectivity index (χ4n) is 2.13. The zero-order valence-corrected chi connectivity index (χ0v) is 14.2. The smallest absolute Gasteiger partial charge is 0.409 e. The highest BCUT2D eigenvalue weighted by atomic mass is 32.2. The minimum absolute atomic E-state index is 0.0276. The average Bonchev–Trinajstić information content (AvgIpc) is 2.46. The van der Waals surface area contributed by atoms with Crippen LogP contribution in [0.2, 0.25) is 0 Å². The summed E-state index contributed by atoms with van der Waals surface area (Å²) in [5.74, 6) is -0.479. The van der Waals surface area contributed by atoms with Gasteiger partial charge in [-0.3, -0.25) is 4.79 Å². The Kier molecular flexibility index (Phi) is 7.08. The molecule has 9 heteroatoms. The Balaban J connectivity index is 2.32. The summed E-state index contributed by atoms with van der Waals surface area (Å²) in [6.45, 7) is 3.15. The van der Waals surface area contributed by atoms with Crippen LogP contribution in [0.5, 0.6) is 0 Å². The summed E-state index contributed by atoms with van der Waals surface area (Å²) in [6.07, 6.45) is 0.901. The highest BCUT2D eigenvalue weighted by Gasteiger charge is 2.25. The van der Waals surface area contributed by atoms with E-state index in [0.717, 1.165) is 4.31 Å². The van der Waals surface area contributed by atoms with E-state index in [1.54, 1.807) is 11.8 Å². The van der Waals surface area contributed by atoms with Crippen molar-refractivity contribution in [2.24, 2.45) is 0 Å². The molecule has 1 fully saturated rings. The molecule has 1 heterocycles. The van der Waals surface area contributed by atoms with Gasteiger partial charge in [-0.15, -0.1) is 0 Å². The first-order valence-electron chi connectivity index (χ1n) is 7.37. The number of sulfonamides is 1. The maximum atomic E-state index is 11.8. The van der Waals surface area contributed by atoms with Crippen molar-refractivity contribution < 1.29 is 22.7 Å². The molecule has 22 heavy (non-hydrogen) atoms. The summed E-state index contributed by atoms with van der Waals surface area (Å²) in [7, 11) is -0.472. The van der Waals surface area contributed by atoms with Crippen LogP contribution in [-0.2, 0) is 19.6 Å². The fraction of sp³-hybridized carbons (Fsp3) is 0.846. The second kappa shape index (κ2) is 8.33. The van der Waals surface area contributed by atoms with Crippen LogP contribution in [0.25, 0.3) is 0 Å². The lowest BCUT2D eigenvalue weighted by Gasteiger charge is -2.31. The standard InChI is InChI=1S/C13H25N3O5S/c1-4-21-13(18)16-8-5-11(6-9-16)14-12(17)7-10-22(19,20)15(2)3/h11H,4-10H2,1-3H3,(H,14,17). The van der Waals surface area contributed by atoms with Crippen molar-refractivity contribution in [2.75, 3.05) is 39.5 Å². The molecule has 0 aromatic rings. The van der Waals surface area contributed by atoms with Crippen molar-refractivity contribution in [3.8, 4) is 0 Å². The van der Waals surface area contributed by atoms with Crippen LogP contribution in [0, 0.1) is 0 Å². The molecule has 0 radical (unpaired) electrons. The van der Waals surface area contributed by atoms with Crippen molar-refractivity contribution in [3.63, 3.8) is 0 Å². The summed E-state index contributed by atoms with van der Waals surface area (Å²) in [6, 6.07) is -0.0276. The van der Waals surface area contributed by atoms with Gasteiger partial charge in [0, 0.05) is 39.6 Å². The van der Waals surface area contributed by atoms with E-state index in [-0.39, 0.29) is 30.2 Å². The van der Waals surface area contributed by atoms with E-state index in [2.05, 4.69) is 5.32 Å². The lowest BCUT2D eigenvalue weighted by Crippen LogP contribution is -2.47.